The molecule has 1 aliphatic heterocycles. The van der Waals surface area contributed by atoms with Gasteiger partial charge >= 0.3 is 0 Å². The lowest BCUT2D eigenvalue weighted by molar-refractivity contribution is -0.116. The van der Waals surface area contributed by atoms with E-state index >= 15 is 0 Å². The van der Waals surface area contributed by atoms with Crippen LogP contribution in [-0.4, -0.2) is 21.7 Å². The fourth-order valence-electron chi connectivity index (χ4n) is 4.69. The average molecular weight is 422 g/mol. The topological polar surface area (TPSA) is 77.3 Å². The standard InChI is InChI=1S/C27H23N3O2/c28-27-25(26(32)18-9-3-1-4-10-18)23(19-11-8-16-29-17-19)24-21(14-7-15-22(24)31)30(27)20-12-5-2-6-13-20/h1-6,8-13,16-17,23,28,32H,7,14-15H2/b26-25+,28-27?. The molecule has 5 rings (SSSR count). The van der Waals surface area contributed by atoms with Gasteiger partial charge < -0.3 is 5.11 Å². The van der Waals surface area contributed by atoms with Crippen LogP contribution < -0.4 is 4.90 Å². The molecule has 5 heteroatoms. The highest BCUT2D eigenvalue weighted by Crippen LogP contribution is 2.47. The summed E-state index contributed by atoms with van der Waals surface area (Å²) in [5, 5.41) is 20.7. The highest BCUT2D eigenvalue weighted by molar-refractivity contribution is 6.19. The van der Waals surface area contributed by atoms with Crippen LogP contribution in [0.4, 0.5) is 5.69 Å². The summed E-state index contributed by atoms with van der Waals surface area (Å²) in [5.41, 5.74) is 4.13. The average Bonchev–Trinajstić information content (AvgIpc) is 2.85. The highest BCUT2D eigenvalue weighted by Gasteiger charge is 2.43. The van der Waals surface area contributed by atoms with E-state index in [2.05, 4.69) is 4.98 Å². The monoisotopic (exact) mass is 421 g/mol. The third-order valence-corrected chi connectivity index (χ3v) is 6.09. The fourth-order valence-corrected chi connectivity index (χ4v) is 4.69. The zero-order valence-corrected chi connectivity index (χ0v) is 17.5. The number of allylic oxidation sites excluding steroid dienone is 2. The number of carbonyl (C=O) groups is 1. The van der Waals surface area contributed by atoms with Crippen LogP contribution >= 0.6 is 0 Å². The van der Waals surface area contributed by atoms with E-state index in [0.29, 0.717) is 29.6 Å². The van der Waals surface area contributed by atoms with Gasteiger partial charge in [0, 0.05) is 52.8 Å². The van der Waals surface area contributed by atoms with Gasteiger partial charge in [0.2, 0.25) is 0 Å². The lowest BCUT2D eigenvalue weighted by Crippen LogP contribution is -2.42. The second-order valence-corrected chi connectivity index (χ2v) is 8.00. The molecule has 0 saturated heterocycles. The number of hydrogen-bond donors (Lipinski definition) is 2. The van der Waals surface area contributed by atoms with E-state index in [-0.39, 0.29) is 17.4 Å². The third-order valence-electron chi connectivity index (χ3n) is 6.09. The molecule has 5 nitrogen and oxygen atoms in total. The molecule has 3 aromatic rings. The van der Waals surface area contributed by atoms with E-state index in [4.69, 9.17) is 0 Å². The first-order valence-corrected chi connectivity index (χ1v) is 10.8. The minimum atomic E-state index is -0.542. The number of carbonyl (C=O) groups excluding carboxylic acids is 1. The summed E-state index contributed by atoms with van der Waals surface area (Å²) in [6, 6.07) is 22.6. The van der Waals surface area contributed by atoms with Gasteiger partial charge in [0.25, 0.3) is 0 Å². The number of nitrogens with zero attached hydrogens (tertiary/aromatic N) is 2. The molecule has 2 aromatic carbocycles. The highest BCUT2D eigenvalue weighted by atomic mass is 16.3. The Labute approximate surface area is 186 Å². The number of anilines is 1. The first kappa shape index (κ1) is 19.9. The Hall–Kier alpha value is -3.99. The number of pyridine rings is 1. The number of ketones is 1. The normalized spacial score (nSPS) is 20.2. The number of benzene rings is 2. The Morgan fingerprint density at radius 3 is 2.38 bits per heavy atom. The molecule has 0 fully saturated rings. The Balaban J connectivity index is 1.83. The number of Topliss-reactive ketones (excluding diaryl/α,β-unsaturated/α-hetero) is 1. The number of hydrogen-bond acceptors (Lipinski definition) is 4. The van der Waals surface area contributed by atoms with E-state index in [1.54, 1.807) is 12.4 Å². The minimum absolute atomic E-state index is 0.00954. The maximum Gasteiger partial charge on any atom is 0.161 e. The molecule has 32 heavy (non-hydrogen) atoms. The molecule has 0 bridgehead atoms. The van der Waals surface area contributed by atoms with Gasteiger partial charge in [0.15, 0.2) is 5.78 Å². The van der Waals surface area contributed by atoms with Crippen molar-refractivity contribution in [2.45, 2.75) is 25.2 Å². The van der Waals surface area contributed by atoms with E-state index < -0.39 is 5.92 Å². The van der Waals surface area contributed by atoms with Gasteiger partial charge in [-0.05, 0) is 36.6 Å². The van der Waals surface area contributed by atoms with Crippen LogP contribution in [0.2, 0.25) is 0 Å². The molecule has 1 aromatic heterocycles. The van der Waals surface area contributed by atoms with Crippen molar-refractivity contribution in [2.75, 3.05) is 4.90 Å². The van der Waals surface area contributed by atoms with Gasteiger partial charge in [0.1, 0.15) is 11.6 Å². The number of aliphatic hydroxyl groups is 1. The molecule has 2 aliphatic rings. The maximum absolute atomic E-state index is 13.3. The molecule has 0 saturated carbocycles. The van der Waals surface area contributed by atoms with Crippen molar-refractivity contribution in [3.63, 3.8) is 0 Å². The van der Waals surface area contributed by atoms with Crippen LogP contribution in [-0.2, 0) is 4.79 Å². The maximum atomic E-state index is 13.3. The molecule has 1 aliphatic carbocycles. The molecule has 2 heterocycles. The van der Waals surface area contributed by atoms with Gasteiger partial charge in [-0.1, -0.05) is 54.6 Å². The predicted octanol–water partition coefficient (Wildman–Crippen LogP) is 5.64. The van der Waals surface area contributed by atoms with Crippen LogP contribution in [0.1, 0.15) is 36.3 Å². The van der Waals surface area contributed by atoms with Crippen molar-refractivity contribution in [1.29, 1.82) is 5.41 Å². The van der Waals surface area contributed by atoms with Crippen molar-refractivity contribution in [1.82, 2.24) is 4.98 Å². The molecule has 0 spiro atoms. The summed E-state index contributed by atoms with van der Waals surface area (Å²) in [4.78, 5) is 19.4. The van der Waals surface area contributed by atoms with Crippen molar-refractivity contribution in [3.05, 3.63) is 113 Å². The second kappa shape index (κ2) is 8.27. The Morgan fingerprint density at radius 2 is 1.69 bits per heavy atom. The Kier molecular flexibility index (Phi) is 5.15. The van der Waals surface area contributed by atoms with Gasteiger partial charge in [-0.3, -0.25) is 20.1 Å². The minimum Gasteiger partial charge on any atom is -0.507 e. The van der Waals surface area contributed by atoms with E-state index in [1.165, 1.54) is 0 Å². The Morgan fingerprint density at radius 1 is 0.969 bits per heavy atom. The summed E-state index contributed by atoms with van der Waals surface area (Å²) in [5.74, 6) is -0.291. The van der Waals surface area contributed by atoms with Crippen LogP contribution in [0, 0.1) is 5.41 Å². The number of rotatable bonds is 3. The third kappa shape index (κ3) is 3.32. The summed E-state index contributed by atoms with van der Waals surface area (Å²) in [7, 11) is 0. The summed E-state index contributed by atoms with van der Waals surface area (Å²) < 4.78 is 0. The summed E-state index contributed by atoms with van der Waals surface area (Å²) in [6.07, 6.45) is 5.32. The predicted molar refractivity (Wildman–Crippen MR) is 126 cm³/mol. The summed E-state index contributed by atoms with van der Waals surface area (Å²) in [6.45, 7) is 0. The molecule has 158 valence electrons. The fraction of sp³-hybridized carbons (Fsp3) is 0.148. The lowest BCUT2D eigenvalue weighted by Gasteiger charge is -2.41. The van der Waals surface area contributed by atoms with E-state index in [0.717, 1.165) is 23.4 Å². The van der Waals surface area contributed by atoms with Crippen molar-refractivity contribution in [3.8, 4) is 0 Å². The molecule has 0 radical (unpaired) electrons. The first-order valence-electron chi connectivity index (χ1n) is 10.8. The molecule has 0 amide bonds. The van der Waals surface area contributed by atoms with Crippen LogP contribution in [0.5, 0.6) is 0 Å². The number of amidine groups is 1. The number of aliphatic hydroxyl groups excluding tert-OH is 1. The van der Waals surface area contributed by atoms with Crippen molar-refractivity contribution in [2.24, 2.45) is 0 Å². The van der Waals surface area contributed by atoms with Gasteiger partial charge in [-0.25, -0.2) is 0 Å². The molecular formula is C27H23N3O2. The number of para-hydroxylation sites is 1. The first-order chi connectivity index (χ1) is 15.7. The van der Waals surface area contributed by atoms with Crippen LogP contribution in [0.3, 0.4) is 0 Å². The zero-order valence-electron chi connectivity index (χ0n) is 17.5. The second-order valence-electron chi connectivity index (χ2n) is 8.00. The van der Waals surface area contributed by atoms with Gasteiger partial charge in [-0.15, -0.1) is 0 Å². The van der Waals surface area contributed by atoms with Crippen LogP contribution in [0.25, 0.3) is 5.76 Å². The lowest BCUT2D eigenvalue weighted by atomic mass is 9.74. The SMILES string of the molecule is N=C1/C(=C(/O)c2ccccc2)C(c2cccnc2)C2=C(CCCC2=O)N1c1ccccc1. The zero-order chi connectivity index (χ0) is 22.1. The largest absolute Gasteiger partial charge is 0.507 e. The van der Waals surface area contributed by atoms with Crippen molar-refractivity contribution >= 4 is 23.1 Å². The van der Waals surface area contributed by atoms with Gasteiger partial charge in [-0.2, -0.15) is 0 Å². The molecule has 2 N–H and O–H groups in total. The number of nitrogens with one attached hydrogen (secondary N) is 1. The molecule has 1 atom stereocenters. The van der Waals surface area contributed by atoms with E-state index in [1.807, 2.05) is 77.7 Å². The molecular weight excluding hydrogens is 398 g/mol. The quantitative estimate of drug-likeness (QED) is 0.537. The Bertz CT molecular complexity index is 1230. The molecule has 1 unspecified atom stereocenters. The summed E-state index contributed by atoms with van der Waals surface area (Å²) >= 11 is 0. The number of aromatic nitrogens is 1. The van der Waals surface area contributed by atoms with Crippen molar-refractivity contribution < 1.29 is 9.90 Å². The smallest absolute Gasteiger partial charge is 0.161 e. The van der Waals surface area contributed by atoms with Crippen LogP contribution in [0.15, 0.2) is 102 Å². The van der Waals surface area contributed by atoms with Gasteiger partial charge in [0.05, 0.1) is 0 Å². The van der Waals surface area contributed by atoms with E-state index in [9.17, 15) is 15.3 Å².